The van der Waals surface area contributed by atoms with Crippen LogP contribution < -0.4 is 5.73 Å². The van der Waals surface area contributed by atoms with Crippen molar-refractivity contribution in [3.8, 4) is 6.07 Å². The van der Waals surface area contributed by atoms with E-state index in [9.17, 15) is 0 Å². The lowest BCUT2D eigenvalue weighted by Gasteiger charge is -2.03. The molecule has 0 bridgehead atoms. The second-order valence-electron chi connectivity index (χ2n) is 2.50. The average molecular weight is 181 g/mol. The number of hydrogen-bond acceptors (Lipinski definition) is 2. The Kier molecular flexibility index (Phi) is 2.57. The molecule has 3 heteroatoms. The monoisotopic (exact) mass is 180 g/mol. The minimum Gasteiger partial charge on any atom is -0.398 e. The molecule has 0 heterocycles. The number of benzene rings is 1. The van der Waals surface area contributed by atoms with Gasteiger partial charge in [-0.3, -0.25) is 0 Å². The fourth-order valence-corrected chi connectivity index (χ4v) is 1.24. The fourth-order valence-electron chi connectivity index (χ4n) is 1.03. The van der Waals surface area contributed by atoms with E-state index in [4.69, 9.17) is 22.6 Å². The molecule has 0 aliphatic rings. The predicted molar refractivity (Wildman–Crippen MR) is 50.0 cm³/mol. The first-order chi connectivity index (χ1) is 5.69. The van der Waals surface area contributed by atoms with Crippen LogP contribution in [0.3, 0.4) is 0 Å². The zero-order valence-corrected chi connectivity index (χ0v) is 7.52. The molecule has 12 heavy (non-hydrogen) atoms. The number of nitrogen functional groups attached to an aromatic ring is 1. The van der Waals surface area contributed by atoms with Crippen LogP contribution in [0.4, 0.5) is 5.69 Å². The van der Waals surface area contributed by atoms with E-state index in [1.54, 1.807) is 12.1 Å². The van der Waals surface area contributed by atoms with Crippen LogP contribution in [0.2, 0.25) is 5.02 Å². The van der Waals surface area contributed by atoms with Gasteiger partial charge in [-0.15, -0.1) is 0 Å². The number of halogens is 1. The topological polar surface area (TPSA) is 49.8 Å². The molecule has 1 aromatic rings. The molecule has 2 nitrogen and oxygen atoms in total. The van der Waals surface area contributed by atoms with Gasteiger partial charge in [0.25, 0.3) is 0 Å². The van der Waals surface area contributed by atoms with Gasteiger partial charge in [0.15, 0.2) is 0 Å². The van der Waals surface area contributed by atoms with E-state index in [-0.39, 0.29) is 0 Å². The molecule has 0 saturated heterocycles. The van der Waals surface area contributed by atoms with Gasteiger partial charge < -0.3 is 5.73 Å². The van der Waals surface area contributed by atoms with Crippen LogP contribution in [0.15, 0.2) is 12.1 Å². The van der Waals surface area contributed by atoms with Gasteiger partial charge in [0.2, 0.25) is 0 Å². The van der Waals surface area contributed by atoms with E-state index < -0.39 is 0 Å². The fraction of sp³-hybridized carbons (Fsp3) is 0.222. The first-order valence-corrected chi connectivity index (χ1v) is 4.04. The maximum absolute atomic E-state index is 8.65. The maximum atomic E-state index is 8.65. The molecule has 1 rings (SSSR count). The van der Waals surface area contributed by atoms with Crippen molar-refractivity contribution in [2.45, 2.75) is 13.3 Å². The second-order valence-corrected chi connectivity index (χ2v) is 2.90. The van der Waals surface area contributed by atoms with E-state index in [2.05, 4.69) is 0 Å². The van der Waals surface area contributed by atoms with Crippen molar-refractivity contribution in [3.63, 3.8) is 0 Å². The standard InChI is InChI=1S/C9H9ClN2/c1-2-6-3-7(5-11)8(10)4-9(6)12/h3-4H,2,12H2,1H3. The zero-order valence-electron chi connectivity index (χ0n) is 6.76. The summed E-state index contributed by atoms with van der Waals surface area (Å²) in [5, 5.41) is 9.08. The molecular weight excluding hydrogens is 172 g/mol. The molecule has 0 saturated carbocycles. The summed E-state index contributed by atoms with van der Waals surface area (Å²) in [6.45, 7) is 1.99. The molecule has 1 aromatic carbocycles. The van der Waals surface area contributed by atoms with E-state index >= 15 is 0 Å². The van der Waals surface area contributed by atoms with Gasteiger partial charge in [0, 0.05) is 5.69 Å². The first kappa shape index (κ1) is 8.89. The highest BCUT2D eigenvalue weighted by Gasteiger charge is 2.03. The summed E-state index contributed by atoms with van der Waals surface area (Å²) in [6, 6.07) is 5.37. The summed E-state index contributed by atoms with van der Waals surface area (Å²) in [7, 11) is 0. The van der Waals surface area contributed by atoms with Gasteiger partial charge in [-0.1, -0.05) is 18.5 Å². The Balaban J connectivity index is 3.30. The van der Waals surface area contributed by atoms with E-state index in [0.29, 0.717) is 16.3 Å². The Hall–Kier alpha value is -1.20. The first-order valence-electron chi connectivity index (χ1n) is 3.67. The van der Waals surface area contributed by atoms with Crippen molar-refractivity contribution in [1.29, 1.82) is 5.26 Å². The number of hydrogen-bond donors (Lipinski definition) is 1. The molecule has 0 fully saturated rings. The maximum Gasteiger partial charge on any atom is 0.101 e. The summed E-state index contributed by atoms with van der Waals surface area (Å²) in [5.41, 5.74) is 7.77. The number of anilines is 1. The Morgan fingerprint density at radius 3 is 2.75 bits per heavy atom. The Morgan fingerprint density at radius 2 is 2.25 bits per heavy atom. The Morgan fingerprint density at radius 1 is 1.58 bits per heavy atom. The predicted octanol–water partition coefficient (Wildman–Crippen LogP) is 2.36. The number of nitriles is 1. The van der Waals surface area contributed by atoms with Crippen molar-refractivity contribution >= 4 is 17.3 Å². The van der Waals surface area contributed by atoms with Gasteiger partial charge >= 0.3 is 0 Å². The van der Waals surface area contributed by atoms with Crippen LogP contribution in [0.1, 0.15) is 18.1 Å². The summed E-state index contributed by atoms with van der Waals surface area (Å²) in [5.74, 6) is 0. The summed E-state index contributed by atoms with van der Waals surface area (Å²) in [4.78, 5) is 0. The van der Waals surface area contributed by atoms with Crippen LogP contribution in [0, 0.1) is 11.3 Å². The molecule has 0 aromatic heterocycles. The van der Waals surface area contributed by atoms with E-state index in [0.717, 1.165) is 12.0 Å². The van der Waals surface area contributed by atoms with Gasteiger partial charge in [-0.2, -0.15) is 5.26 Å². The molecule has 0 aliphatic carbocycles. The SMILES string of the molecule is CCc1cc(C#N)c(Cl)cc1N. The molecule has 0 spiro atoms. The van der Waals surface area contributed by atoms with Gasteiger partial charge in [-0.05, 0) is 24.1 Å². The molecular formula is C9H9ClN2. The van der Waals surface area contributed by atoms with Crippen molar-refractivity contribution in [1.82, 2.24) is 0 Å². The highest BCUT2D eigenvalue weighted by atomic mass is 35.5. The highest BCUT2D eigenvalue weighted by molar-refractivity contribution is 6.32. The lowest BCUT2D eigenvalue weighted by molar-refractivity contribution is 1.14. The van der Waals surface area contributed by atoms with E-state index in [1.807, 2.05) is 13.0 Å². The van der Waals surface area contributed by atoms with Gasteiger partial charge in [0.05, 0.1) is 10.6 Å². The van der Waals surface area contributed by atoms with Crippen molar-refractivity contribution in [3.05, 3.63) is 28.3 Å². The minimum absolute atomic E-state index is 0.423. The average Bonchev–Trinajstić information content (AvgIpc) is 2.05. The second kappa shape index (κ2) is 3.46. The molecule has 0 radical (unpaired) electrons. The van der Waals surface area contributed by atoms with Crippen LogP contribution in [0.25, 0.3) is 0 Å². The largest absolute Gasteiger partial charge is 0.398 e. The van der Waals surface area contributed by atoms with Crippen LogP contribution >= 0.6 is 11.6 Å². The quantitative estimate of drug-likeness (QED) is 0.675. The zero-order chi connectivity index (χ0) is 9.14. The highest BCUT2D eigenvalue weighted by Crippen LogP contribution is 2.22. The Bertz CT molecular complexity index is 339. The number of nitrogens with zero attached hydrogens (tertiary/aromatic N) is 1. The van der Waals surface area contributed by atoms with Crippen molar-refractivity contribution in [2.75, 3.05) is 5.73 Å². The third-order valence-electron chi connectivity index (χ3n) is 1.73. The van der Waals surface area contributed by atoms with Crippen LogP contribution in [-0.2, 0) is 6.42 Å². The third kappa shape index (κ3) is 1.51. The summed E-state index contributed by atoms with van der Waals surface area (Å²) < 4.78 is 0. The molecule has 0 aliphatic heterocycles. The molecule has 0 unspecified atom stereocenters. The van der Waals surface area contributed by atoms with Crippen LogP contribution in [0.5, 0.6) is 0 Å². The normalized spacial score (nSPS) is 9.42. The molecule has 0 amide bonds. The van der Waals surface area contributed by atoms with Crippen LogP contribution in [-0.4, -0.2) is 0 Å². The molecule has 2 N–H and O–H groups in total. The Labute approximate surface area is 76.6 Å². The lowest BCUT2D eigenvalue weighted by atomic mass is 10.1. The smallest absolute Gasteiger partial charge is 0.101 e. The molecule has 62 valence electrons. The summed E-state index contributed by atoms with van der Waals surface area (Å²) >= 11 is 5.76. The molecule has 0 atom stereocenters. The minimum atomic E-state index is 0.423. The van der Waals surface area contributed by atoms with Crippen molar-refractivity contribution < 1.29 is 0 Å². The number of rotatable bonds is 1. The van der Waals surface area contributed by atoms with E-state index in [1.165, 1.54) is 0 Å². The third-order valence-corrected chi connectivity index (χ3v) is 2.04. The van der Waals surface area contributed by atoms with Gasteiger partial charge in [-0.25, -0.2) is 0 Å². The summed E-state index contributed by atoms with van der Waals surface area (Å²) in [6.07, 6.45) is 0.817. The number of aryl methyl sites for hydroxylation is 1. The lowest BCUT2D eigenvalue weighted by Crippen LogP contribution is -1.94. The van der Waals surface area contributed by atoms with Crippen molar-refractivity contribution in [2.24, 2.45) is 0 Å². The van der Waals surface area contributed by atoms with Gasteiger partial charge in [0.1, 0.15) is 6.07 Å². The number of nitrogens with two attached hydrogens (primary N) is 1.